The minimum Gasteiger partial charge on any atom is -0.319 e. The van der Waals surface area contributed by atoms with E-state index in [1.807, 2.05) is 13.8 Å². The summed E-state index contributed by atoms with van der Waals surface area (Å²) in [5.41, 5.74) is 2.12. The van der Waals surface area contributed by atoms with Gasteiger partial charge in [-0.15, -0.1) is 0 Å². The van der Waals surface area contributed by atoms with Gasteiger partial charge >= 0.3 is 6.18 Å². The van der Waals surface area contributed by atoms with Gasteiger partial charge in [0.1, 0.15) is 4.60 Å². The average molecular weight is 505 g/mol. The van der Waals surface area contributed by atoms with E-state index in [9.17, 15) is 18.0 Å². The number of imidazole rings is 1. The summed E-state index contributed by atoms with van der Waals surface area (Å²) in [5.74, 6) is 0.138. The number of hydrogen-bond donors (Lipinski definition) is 1. The summed E-state index contributed by atoms with van der Waals surface area (Å²) in [6, 6.07) is 10.0. The number of carbonyl (C=O) groups is 1. The number of fused-ring (bicyclic) bond motifs is 1. The molecule has 1 N–H and O–H groups in total. The van der Waals surface area contributed by atoms with Crippen LogP contribution in [-0.2, 0) is 6.18 Å². The summed E-state index contributed by atoms with van der Waals surface area (Å²) in [6.07, 6.45) is 0.397. The highest BCUT2D eigenvalue weighted by Crippen LogP contribution is 2.32. The van der Waals surface area contributed by atoms with E-state index in [1.165, 1.54) is 18.3 Å². The molecule has 2 aromatic heterocycles. The number of halogens is 4. The summed E-state index contributed by atoms with van der Waals surface area (Å²) >= 11 is 3.35. The molecule has 0 saturated heterocycles. The number of amides is 1. The van der Waals surface area contributed by atoms with Crippen molar-refractivity contribution < 1.29 is 18.0 Å². The second kappa shape index (κ2) is 9.52. The standard InChI is InChI=1S/C21H14BrF3N4O.C2H6/c1-12-16(13-5-7-14(8-6-13)21(23,24)25)3-2-4-17(12)19(30)28-15-9-26-20-27-10-18(22)29(20)11-15;1-2/h2-11H,1H3,(H,28,30);1-2H3. The molecule has 0 fully saturated rings. The molecule has 9 heteroatoms. The molecule has 5 nitrogen and oxygen atoms in total. The Bertz CT molecular complexity index is 1250. The molecule has 32 heavy (non-hydrogen) atoms. The third-order valence-electron chi connectivity index (χ3n) is 4.68. The van der Waals surface area contributed by atoms with Crippen molar-refractivity contribution in [2.75, 3.05) is 5.32 Å². The van der Waals surface area contributed by atoms with Crippen LogP contribution in [0.4, 0.5) is 18.9 Å². The van der Waals surface area contributed by atoms with Crippen molar-refractivity contribution in [2.45, 2.75) is 26.9 Å². The molecule has 166 valence electrons. The highest BCUT2D eigenvalue weighted by Gasteiger charge is 2.30. The van der Waals surface area contributed by atoms with Crippen LogP contribution in [0.3, 0.4) is 0 Å². The van der Waals surface area contributed by atoms with Crippen molar-refractivity contribution >= 4 is 33.3 Å². The van der Waals surface area contributed by atoms with Crippen LogP contribution < -0.4 is 5.32 Å². The minimum absolute atomic E-state index is 0.348. The summed E-state index contributed by atoms with van der Waals surface area (Å²) in [4.78, 5) is 21.1. The molecule has 0 aliphatic heterocycles. The fraction of sp³-hybridized carbons (Fsp3) is 0.174. The zero-order valence-electron chi connectivity index (χ0n) is 17.5. The summed E-state index contributed by atoms with van der Waals surface area (Å²) in [6.45, 7) is 5.76. The van der Waals surface area contributed by atoms with Gasteiger partial charge in [-0.1, -0.05) is 38.1 Å². The van der Waals surface area contributed by atoms with E-state index in [1.54, 1.807) is 41.9 Å². The Hall–Kier alpha value is -3.20. The van der Waals surface area contributed by atoms with E-state index in [-0.39, 0.29) is 5.91 Å². The van der Waals surface area contributed by atoms with Crippen molar-refractivity contribution in [1.82, 2.24) is 14.4 Å². The molecule has 0 radical (unpaired) electrons. The molecule has 2 aromatic carbocycles. The lowest BCUT2D eigenvalue weighted by molar-refractivity contribution is -0.137. The fourth-order valence-corrected chi connectivity index (χ4v) is 3.51. The third-order valence-corrected chi connectivity index (χ3v) is 5.27. The first-order chi connectivity index (χ1) is 15.2. The SMILES string of the molecule is CC.Cc1c(C(=O)Nc2cnc3ncc(Br)n3c2)cccc1-c1ccc(C(F)(F)F)cc1. The summed E-state index contributed by atoms with van der Waals surface area (Å²) < 4.78 is 40.8. The summed E-state index contributed by atoms with van der Waals surface area (Å²) in [5, 5.41) is 2.80. The summed E-state index contributed by atoms with van der Waals surface area (Å²) in [7, 11) is 0. The van der Waals surface area contributed by atoms with Gasteiger partial charge in [-0.2, -0.15) is 13.2 Å². The van der Waals surface area contributed by atoms with Crippen LogP contribution in [0.5, 0.6) is 0 Å². The van der Waals surface area contributed by atoms with Gasteiger partial charge in [0, 0.05) is 11.8 Å². The van der Waals surface area contributed by atoms with Gasteiger partial charge in [-0.25, -0.2) is 9.97 Å². The van der Waals surface area contributed by atoms with Gasteiger partial charge in [0.2, 0.25) is 5.78 Å². The van der Waals surface area contributed by atoms with Crippen LogP contribution in [-0.4, -0.2) is 20.3 Å². The number of alkyl halides is 3. The molecule has 4 aromatic rings. The topological polar surface area (TPSA) is 59.3 Å². The fourth-order valence-electron chi connectivity index (χ4n) is 3.14. The maximum Gasteiger partial charge on any atom is 0.416 e. The molecule has 0 spiro atoms. The number of rotatable bonds is 3. The second-order valence-corrected chi connectivity index (χ2v) is 7.41. The normalized spacial score (nSPS) is 11.1. The Balaban J connectivity index is 0.00000141. The zero-order valence-corrected chi connectivity index (χ0v) is 19.1. The minimum atomic E-state index is -4.39. The molecular formula is C23H20BrF3N4O. The molecule has 0 bridgehead atoms. The van der Waals surface area contributed by atoms with E-state index < -0.39 is 11.7 Å². The Morgan fingerprint density at radius 3 is 2.34 bits per heavy atom. The van der Waals surface area contributed by atoms with Crippen LogP contribution in [0.25, 0.3) is 16.9 Å². The Kier molecular flexibility index (Phi) is 6.98. The number of carbonyl (C=O) groups excluding carboxylic acids is 1. The number of nitrogens with zero attached hydrogens (tertiary/aromatic N) is 3. The van der Waals surface area contributed by atoms with Gasteiger partial charge in [0.15, 0.2) is 0 Å². The van der Waals surface area contributed by atoms with Crippen LogP contribution >= 0.6 is 15.9 Å². The molecule has 0 aliphatic rings. The average Bonchev–Trinajstić information content (AvgIpc) is 3.15. The number of benzene rings is 2. The number of anilines is 1. The Labute approximate surface area is 191 Å². The molecule has 0 aliphatic carbocycles. The quantitative estimate of drug-likeness (QED) is 0.335. The molecular weight excluding hydrogens is 485 g/mol. The molecule has 0 unspecified atom stereocenters. The van der Waals surface area contributed by atoms with Crippen molar-refractivity contribution in [3.63, 3.8) is 0 Å². The maximum atomic E-state index is 12.8. The molecule has 1 amide bonds. The predicted molar refractivity (Wildman–Crippen MR) is 122 cm³/mol. The van der Waals surface area contributed by atoms with Gasteiger partial charge in [-0.05, 0) is 57.7 Å². The number of hydrogen-bond acceptors (Lipinski definition) is 3. The lowest BCUT2D eigenvalue weighted by Crippen LogP contribution is -2.14. The predicted octanol–water partition coefficient (Wildman–Crippen LogP) is 6.76. The first kappa shape index (κ1) is 23.5. The van der Waals surface area contributed by atoms with Crippen LogP contribution in [0.2, 0.25) is 0 Å². The van der Waals surface area contributed by atoms with Crippen LogP contribution in [0.1, 0.15) is 35.3 Å². The lowest BCUT2D eigenvalue weighted by Gasteiger charge is -2.13. The van der Waals surface area contributed by atoms with Gasteiger partial charge in [0.05, 0.1) is 23.6 Å². The molecule has 0 saturated carbocycles. The van der Waals surface area contributed by atoms with E-state index >= 15 is 0 Å². The van der Waals surface area contributed by atoms with E-state index in [0.29, 0.717) is 38.3 Å². The Morgan fingerprint density at radius 2 is 1.69 bits per heavy atom. The van der Waals surface area contributed by atoms with Gasteiger partial charge < -0.3 is 5.32 Å². The van der Waals surface area contributed by atoms with Crippen molar-refractivity contribution in [3.8, 4) is 11.1 Å². The Morgan fingerprint density at radius 1 is 1.03 bits per heavy atom. The third kappa shape index (κ3) is 4.83. The van der Waals surface area contributed by atoms with Crippen molar-refractivity contribution in [2.24, 2.45) is 0 Å². The monoisotopic (exact) mass is 504 g/mol. The van der Waals surface area contributed by atoms with Gasteiger partial charge in [-0.3, -0.25) is 9.20 Å². The van der Waals surface area contributed by atoms with E-state index in [0.717, 1.165) is 12.1 Å². The molecule has 4 rings (SSSR count). The molecule has 0 atom stereocenters. The first-order valence-electron chi connectivity index (χ1n) is 9.81. The second-order valence-electron chi connectivity index (χ2n) is 6.60. The van der Waals surface area contributed by atoms with E-state index in [2.05, 4.69) is 31.2 Å². The highest BCUT2D eigenvalue weighted by molar-refractivity contribution is 9.10. The largest absolute Gasteiger partial charge is 0.416 e. The first-order valence-corrected chi connectivity index (χ1v) is 10.6. The lowest BCUT2D eigenvalue weighted by atomic mass is 9.95. The van der Waals surface area contributed by atoms with Crippen LogP contribution in [0, 0.1) is 6.92 Å². The highest BCUT2D eigenvalue weighted by atomic mass is 79.9. The van der Waals surface area contributed by atoms with E-state index in [4.69, 9.17) is 0 Å². The van der Waals surface area contributed by atoms with Crippen LogP contribution in [0.15, 0.2) is 65.7 Å². The van der Waals surface area contributed by atoms with Crippen molar-refractivity contribution in [3.05, 3.63) is 82.3 Å². The number of aromatic nitrogens is 3. The van der Waals surface area contributed by atoms with Crippen molar-refractivity contribution in [1.29, 1.82) is 0 Å². The maximum absolute atomic E-state index is 12.8. The molecule has 2 heterocycles. The van der Waals surface area contributed by atoms with Gasteiger partial charge in [0.25, 0.3) is 5.91 Å². The zero-order chi connectivity index (χ0) is 23.5. The smallest absolute Gasteiger partial charge is 0.319 e. The number of nitrogens with one attached hydrogen (secondary N) is 1.